The van der Waals surface area contributed by atoms with Crippen LogP contribution in [0.4, 0.5) is 0 Å². The van der Waals surface area contributed by atoms with Crippen LogP contribution in [0, 0.1) is 0 Å². The molecule has 0 amide bonds. The zero-order valence-electron chi connectivity index (χ0n) is 27.7. The van der Waals surface area contributed by atoms with Gasteiger partial charge < -0.3 is 18.9 Å². The molecular weight excluding hydrogens is 544 g/mol. The molecule has 5 rings (SSSR count). The molecule has 0 fully saturated rings. The Bertz CT molecular complexity index is 1260. The van der Waals surface area contributed by atoms with Crippen LogP contribution in [0.25, 0.3) is 0 Å². The van der Waals surface area contributed by atoms with E-state index in [-0.39, 0.29) is 24.4 Å². The van der Waals surface area contributed by atoms with Crippen LogP contribution in [0.2, 0.25) is 0 Å². The Kier molecular flexibility index (Phi) is 9.88. The van der Waals surface area contributed by atoms with Crippen molar-refractivity contribution in [3.63, 3.8) is 0 Å². The molecule has 8 bridgehead atoms. The molecule has 0 atom stereocenters. The van der Waals surface area contributed by atoms with Crippen LogP contribution >= 0.6 is 0 Å². The first-order valence-corrected chi connectivity index (χ1v) is 16.2. The lowest BCUT2D eigenvalue weighted by Crippen LogP contribution is -2.14. The second-order valence-electron chi connectivity index (χ2n) is 13.0. The summed E-state index contributed by atoms with van der Waals surface area (Å²) in [6.07, 6.45) is 2.99. The lowest BCUT2D eigenvalue weighted by Gasteiger charge is -2.24. The predicted octanol–water partition coefficient (Wildman–Crippen LogP) is 9.51. The summed E-state index contributed by atoms with van der Waals surface area (Å²) in [6, 6.07) is 26.1. The van der Waals surface area contributed by atoms with Gasteiger partial charge in [-0.15, -0.1) is 0 Å². The minimum atomic E-state index is 0.0420. The minimum Gasteiger partial charge on any atom is -0.490 e. The number of fused-ring (bicyclic) bond motifs is 8. The van der Waals surface area contributed by atoms with Crippen molar-refractivity contribution >= 4 is 0 Å². The van der Waals surface area contributed by atoms with Gasteiger partial charge in [0.05, 0.1) is 24.4 Å². The number of para-hydroxylation sites is 4. The highest BCUT2D eigenvalue weighted by Crippen LogP contribution is 2.39. The van der Waals surface area contributed by atoms with Gasteiger partial charge in [0.25, 0.3) is 0 Å². The number of benzene rings is 4. The summed E-state index contributed by atoms with van der Waals surface area (Å²) >= 11 is 0. The summed E-state index contributed by atoms with van der Waals surface area (Å²) in [5.41, 5.74) is 9.24. The molecule has 4 aromatic carbocycles. The van der Waals surface area contributed by atoms with Gasteiger partial charge in [0.15, 0.2) is 0 Å². The molecule has 0 heterocycles. The van der Waals surface area contributed by atoms with E-state index in [4.69, 9.17) is 18.9 Å². The van der Waals surface area contributed by atoms with Gasteiger partial charge in [-0.25, -0.2) is 0 Å². The molecule has 44 heavy (non-hydrogen) atoms. The van der Waals surface area contributed by atoms with Gasteiger partial charge in [0.1, 0.15) is 23.0 Å². The van der Waals surface area contributed by atoms with Crippen molar-refractivity contribution in [2.75, 3.05) is 0 Å². The molecule has 0 N–H and O–H groups in total. The van der Waals surface area contributed by atoms with Crippen LogP contribution in [0.5, 0.6) is 23.0 Å². The highest BCUT2D eigenvalue weighted by molar-refractivity contribution is 5.56. The first-order valence-electron chi connectivity index (χ1n) is 16.2. The Labute approximate surface area is 264 Å². The van der Waals surface area contributed by atoms with Crippen LogP contribution in [0.1, 0.15) is 99.9 Å². The van der Waals surface area contributed by atoms with Gasteiger partial charge in [0.2, 0.25) is 0 Å². The Hall–Kier alpha value is -3.92. The van der Waals surface area contributed by atoms with E-state index in [0.29, 0.717) is 25.7 Å². The Morgan fingerprint density at radius 3 is 0.614 bits per heavy atom. The second-order valence-corrected chi connectivity index (χ2v) is 13.0. The number of hydrogen-bond acceptors (Lipinski definition) is 4. The van der Waals surface area contributed by atoms with Crippen molar-refractivity contribution in [3.05, 3.63) is 117 Å². The molecule has 0 spiro atoms. The summed E-state index contributed by atoms with van der Waals surface area (Å²) in [4.78, 5) is 0. The molecule has 232 valence electrons. The Morgan fingerprint density at radius 2 is 0.477 bits per heavy atom. The van der Waals surface area contributed by atoms with E-state index >= 15 is 0 Å². The van der Waals surface area contributed by atoms with E-state index in [9.17, 15) is 0 Å². The monoisotopic (exact) mass is 592 g/mol. The second kappa shape index (κ2) is 13.8. The summed E-state index contributed by atoms with van der Waals surface area (Å²) in [5, 5.41) is 0. The third-order valence-electron chi connectivity index (χ3n) is 7.65. The fourth-order valence-electron chi connectivity index (χ4n) is 6.03. The van der Waals surface area contributed by atoms with Gasteiger partial charge in [-0.05, 0) is 99.9 Å². The van der Waals surface area contributed by atoms with E-state index in [0.717, 1.165) is 67.5 Å². The molecule has 0 aromatic heterocycles. The van der Waals surface area contributed by atoms with Crippen molar-refractivity contribution in [1.82, 2.24) is 0 Å². The van der Waals surface area contributed by atoms with Crippen LogP contribution in [-0.4, -0.2) is 24.4 Å². The highest BCUT2D eigenvalue weighted by Gasteiger charge is 2.22. The van der Waals surface area contributed by atoms with E-state index < -0.39 is 0 Å². The van der Waals surface area contributed by atoms with E-state index in [2.05, 4.69) is 128 Å². The van der Waals surface area contributed by atoms with Crippen molar-refractivity contribution in [3.8, 4) is 23.0 Å². The third-order valence-corrected chi connectivity index (χ3v) is 7.65. The SMILES string of the molecule is CC(C)Oc1c2cccc1Cc1cccc(c1OC(C)C)Cc1cccc(c1OC(C)C)Cc1cccc(c1OC(C)C)C2. The molecule has 4 heteroatoms. The topological polar surface area (TPSA) is 36.9 Å². The number of hydrogen-bond donors (Lipinski definition) is 0. The van der Waals surface area contributed by atoms with Gasteiger partial charge in [-0.1, -0.05) is 72.8 Å². The van der Waals surface area contributed by atoms with Gasteiger partial charge >= 0.3 is 0 Å². The molecule has 4 nitrogen and oxygen atoms in total. The van der Waals surface area contributed by atoms with E-state index in [1.807, 2.05) is 0 Å². The molecule has 1 aliphatic carbocycles. The maximum Gasteiger partial charge on any atom is 0.126 e. The molecular formula is C40H48O4. The van der Waals surface area contributed by atoms with Crippen molar-refractivity contribution in [1.29, 1.82) is 0 Å². The van der Waals surface area contributed by atoms with Crippen molar-refractivity contribution < 1.29 is 18.9 Å². The van der Waals surface area contributed by atoms with Gasteiger partial charge in [0, 0.05) is 25.7 Å². The van der Waals surface area contributed by atoms with E-state index in [1.54, 1.807) is 0 Å². The van der Waals surface area contributed by atoms with Gasteiger partial charge in [-0.3, -0.25) is 0 Å². The van der Waals surface area contributed by atoms with Crippen molar-refractivity contribution in [2.24, 2.45) is 0 Å². The van der Waals surface area contributed by atoms with E-state index in [1.165, 1.54) is 0 Å². The quantitative estimate of drug-likeness (QED) is 0.180. The zero-order valence-corrected chi connectivity index (χ0v) is 27.7. The fraction of sp³-hybridized carbons (Fsp3) is 0.400. The Balaban J connectivity index is 1.78. The molecule has 0 radical (unpaired) electrons. The molecule has 0 saturated heterocycles. The molecule has 0 saturated carbocycles. The average Bonchev–Trinajstić information content (AvgIpc) is 2.94. The summed E-state index contributed by atoms with van der Waals surface area (Å²) < 4.78 is 26.4. The van der Waals surface area contributed by atoms with Crippen LogP contribution in [0.15, 0.2) is 72.8 Å². The molecule has 4 aromatic rings. The maximum atomic E-state index is 6.60. The third kappa shape index (κ3) is 7.41. The summed E-state index contributed by atoms with van der Waals surface area (Å²) in [5.74, 6) is 3.81. The number of rotatable bonds is 8. The minimum absolute atomic E-state index is 0.0420. The summed E-state index contributed by atoms with van der Waals surface area (Å²) in [7, 11) is 0. The molecule has 1 aliphatic rings. The molecule has 0 unspecified atom stereocenters. The largest absolute Gasteiger partial charge is 0.490 e. The average molecular weight is 593 g/mol. The van der Waals surface area contributed by atoms with Crippen molar-refractivity contribution in [2.45, 2.75) is 105 Å². The number of ether oxygens (including phenoxy) is 4. The Morgan fingerprint density at radius 1 is 0.318 bits per heavy atom. The van der Waals surface area contributed by atoms with Crippen LogP contribution < -0.4 is 18.9 Å². The smallest absolute Gasteiger partial charge is 0.126 e. The molecule has 0 aliphatic heterocycles. The standard InChI is InChI=1S/C40H48O4/c1-25(2)41-37-29-13-9-14-30(37)22-32-16-11-18-34(39(32)43-27(5)6)24-36-20-12-19-35(40(36)44-28(7)8)23-33-17-10-15-31(21-29)38(33)42-26(3)4/h9-20,25-28H,21-24H2,1-8H3. The lowest BCUT2D eigenvalue weighted by molar-refractivity contribution is 0.233. The first kappa shape index (κ1) is 31.5. The maximum absolute atomic E-state index is 6.60. The predicted molar refractivity (Wildman–Crippen MR) is 180 cm³/mol. The lowest BCUT2D eigenvalue weighted by atomic mass is 9.91. The fourth-order valence-corrected chi connectivity index (χ4v) is 6.03. The van der Waals surface area contributed by atoms with Crippen LogP contribution in [-0.2, 0) is 25.7 Å². The highest BCUT2D eigenvalue weighted by atomic mass is 16.5. The summed E-state index contributed by atoms with van der Waals surface area (Å²) in [6.45, 7) is 16.8. The zero-order chi connectivity index (χ0) is 31.4. The van der Waals surface area contributed by atoms with Crippen LogP contribution in [0.3, 0.4) is 0 Å². The first-order chi connectivity index (χ1) is 21.1. The van der Waals surface area contributed by atoms with Gasteiger partial charge in [-0.2, -0.15) is 0 Å². The normalized spacial score (nSPS) is 13.0.